The van der Waals surface area contributed by atoms with Crippen molar-refractivity contribution in [3.8, 4) is 11.1 Å². The van der Waals surface area contributed by atoms with Gasteiger partial charge >= 0.3 is 0 Å². The van der Waals surface area contributed by atoms with Gasteiger partial charge in [-0.2, -0.15) is 0 Å². The molecular weight excluding hydrogens is 556 g/mol. The first kappa shape index (κ1) is 30.9. The summed E-state index contributed by atoms with van der Waals surface area (Å²) in [6.07, 6.45) is 0. The van der Waals surface area contributed by atoms with E-state index in [0.717, 1.165) is 34.1 Å². The average Bonchev–Trinajstić information content (AvgIpc) is 3.07. The third-order valence-electron chi connectivity index (χ3n) is 8.75. The van der Waals surface area contributed by atoms with Gasteiger partial charge in [-0.25, -0.2) is 0 Å². The number of aryl methyl sites for hydroxylation is 2. The SMILES string of the molecule is Cc1ccc(N(c2ccc(C(C)C)cc2)c2cc(-c3ccccc3)cc(N(c3ccc(C)cc3)c3ccc(C(C)C)cc3)c2)cc1. The van der Waals surface area contributed by atoms with Gasteiger partial charge in [0.05, 0.1) is 0 Å². The molecule has 0 unspecified atom stereocenters. The van der Waals surface area contributed by atoms with Gasteiger partial charge < -0.3 is 9.80 Å². The maximum absolute atomic E-state index is 2.38. The fraction of sp³-hybridized carbons (Fsp3) is 0.182. The van der Waals surface area contributed by atoms with Crippen LogP contribution in [0.15, 0.2) is 146 Å². The zero-order valence-corrected chi connectivity index (χ0v) is 27.9. The third kappa shape index (κ3) is 6.77. The standard InChI is InChI=1S/C44H44N2/c1-31(2)35-16-24-41(25-17-35)45(39-20-12-33(5)13-21-39)43-28-38(37-10-8-7-9-11-37)29-44(30-43)46(40-22-14-34(6)15-23-40)42-26-18-36(19-27-42)32(3)4/h7-32H,1-6H3. The Morgan fingerprint density at radius 1 is 0.348 bits per heavy atom. The highest BCUT2D eigenvalue weighted by Crippen LogP contribution is 2.43. The number of hydrogen-bond acceptors (Lipinski definition) is 2. The molecule has 6 rings (SSSR count). The summed E-state index contributed by atoms with van der Waals surface area (Å²) in [5, 5.41) is 0. The van der Waals surface area contributed by atoms with Gasteiger partial charge in [0.2, 0.25) is 0 Å². The van der Waals surface area contributed by atoms with Crippen molar-refractivity contribution in [2.75, 3.05) is 9.80 Å². The second-order valence-corrected chi connectivity index (χ2v) is 12.9. The van der Waals surface area contributed by atoms with Gasteiger partial charge in [0.1, 0.15) is 0 Å². The van der Waals surface area contributed by atoms with E-state index in [1.165, 1.54) is 33.4 Å². The monoisotopic (exact) mass is 600 g/mol. The van der Waals surface area contributed by atoms with E-state index in [-0.39, 0.29) is 0 Å². The van der Waals surface area contributed by atoms with Gasteiger partial charge in [0.25, 0.3) is 0 Å². The summed E-state index contributed by atoms with van der Waals surface area (Å²) in [6.45, 7) is 13.3. The molecule has 46 heavy (non-hydrogen) atoms. The Balaban J connectivity index is 1.60. The van der Waals surface area contributed by atoms with Crippen LogP contribution in [0.1, 0.15) is 61.8 Å². The van der Waals surface area contributed by atoms with Crippen molar-refractivity contribution in [3.05, 3.63) is 168 Å². The molecule has 0 spiro atoms. The molecular formula is C44H44N2. The van der Waals surface area contributed by atoms with Crippen molar-refractivity contribution in [2.24, 2.45) is 0 Å². The summed E-state index contributed by atoms with van der Waals surface area (Å²) in [4.78, 5) is 4.77. The fourth-order valence-corrected chi connectivity index (χ4v) is 5.95. The lowest BCUT2D eigenvalue weighted by molar-refractivity contribution is 0.866. The average molecular weight is 601 g/mol. The molecule has 0 heterocycles. The number of rotatable bonds is 9. The Bertz CT molecular complexity index is 1750. The van der Waals surface area contributed by atoms with E-state index in [9.17, 15) is 0 Å². The van der Waals surface area contributed by atoms with Crippen LogP contribution in [0, 0.1) is 13.8 Å². The molecule has 2 heteroatoms. The van der Waals surface area contributed by atoms with Crippen LogP contribution in [0.2, 0.25) is 0 Å². The highest BCUT2D eigenvalue weighted by atomic mass is 15.2. The second-order valence-electron chi connectivity index (χ2n) is 12.9. The first-order valence-electron chi connectivity index (χ1n) is 16.4. The van der Waals surface area contributed by atoms with Crippen LogP contribution in [0.3, 0.4) is 0 Å². The maximum atomic E-state index is 2.38. The van der Waals surface area contributed by atoms with E-state index in [1.807, 2.05) is 0 Å². The van der Waals surface area contributed by atoms with Crippen LogP contribution >= 0.6 is 0 Å². The number of hydrogen-bond donors (Lipinski definition) is 0. The van der Waals surface area contributed by atoms with Crippen LogP contribution in [0.5, 0.6) is 0 Å². The molecule has 6 aromatic carbocycles. The largest absolute Gasteiger partial charge is 0.310 e. The molecule has 0 radical (unpaired) electrons. The summed E-state index contributed by atoms with van der Waals surface area (Å²) in [6, 6.07) is 53.5. The van der Waals surface area contributed by atoms with Gasteiger partial charge in [-0.1, -0.05) is 118 Å². The van der Waals surface area contributed by atoms with Gasteiger partial charge in [-0.15, -0.1) is 0 Å². The third-order valence-corrected chi connectivity index (χ3v) is 8.75. The highest BCUT2D eigenvalue weighted by molar-refractivity contribution is 5.87. The minimum atomic E-state index is 0.472. The predicted molar refractivity (Wildman–Crippen MR) is 199 cm³/mol. The van der Waals surface area contributed by atoms with Gasteiger partial charge in [0.15, 0.2) is 0 Å². The van der Waals surface area contributed by atoms with E-state index in [4.69, 9.17) is 0 Å². The van der Waals surface area contributed by atoms with Crippen LogP contribution in [0.4, 0.5) is 34.1 Å². The van der Waals surface area contributed by atoms with Gasteiger partial charge in [0, 0.05) is 34.1 Å². The van der Waals surface area contributed by atoms with E-state index >= 15 is 0 Å². The quantitative estimate of drug-likeness (QED) is 0.163. The molecule has 0 saturated heterocycles. The zero-order valence-electron chi connectivity index (χ0n) is 27.9. The molecule has 0 saturated carbocycles. The lowest BCUT2D eigenvalue weighted by atomic mass is 10.00. The minimum absolute atomic E-state index is 0.472. The molecule has 230 valence electrons. The topological polar surface area (TPSA) is 6.48 Å². The number of nitrogens with zero attached hydrogens (tertiary/aromatic N) is 2. The summed E-state index contributed by atoms with van der Waals surface area (Å²) in [5.74, 6) is 0.945. The van der Waals surface area contributed by atoms with Crippen molar-refractivity contribution in [2.45, 2.75) is 53.4 Å². The number of benzene rings is 6. The molecule has 0 aliphatic heterocycles. The molecule has 0 aromatic heterocycles. The van der Waals surface area contributed by atoms with E-state index < -0.39 is 0 Å². The van der Waals surface area contributed by atoms with Crippen molar-refractivity contribution < 1.29 is 0 Å². The summed E-state index contributed by atoms with van der Waals surface area (Å²) >= 11 is 0. The Hall–Kier alpha value is -5.08. The van der Waals surface area contributed by atoms with Crippen molar-refractivity contribution in [1.82, 2.24) is 0 Å². The minimum Gasteiger partial charge on any atom is -0.310 e. The number of anilines is 6. The fourth-order valence-electron chi connectivity index (χ4n) is 5.95. The first-order valence-corrected chi connectivity index (χ1v) is 16.4. The normalized spacial score (nSPS) is 11.2. The molecule has 0 atom stereocenters. The Morgan fingerprint density at radius 3 is 1.04 bits per heavy atom. The van der Waals surface area contributed by atoms with Gasteiger partial charge in [-0.05, 0) is 115 Å². The van der Waals surface area contributed by atoms with Crippen LogP contribution < -0.4 is 9.80 Å². The zero-order chi connectivity index (χ0) is 32.2. The predicted octanol–water partition coefficient (Wildman–Crippen LogP) is 13.2. The first-order chi connectivity index (χ1) is 22.3. The molecule has 0 fully saturated rings. The van der Waals surface area contributed by atoms with Crippen molar-refractivity contribution in [3.63, 3.8) is 0 Å². The molecule has 0 amide bonds. The highest BCUT2D eigenvalue weighted by Gasteiger charge is 2.20. The molecule has 0 N–H and O–H groups in total. The second kappa shape index (κ2) is 13.5. The molecule has 0 aliphatic rings. The lowest BCUT2D eigenvalue weighted by Crippen LogP contribution is -2.14. The Kier molecular flexibility index (Phi) is 9.08. The van der Waals surface area contributed by atoms with E-state index in [2.05, 4.69) is 197 Å². The van der Waals surface area contributed by atoms with Crippen molar-refractivity contribution >= 4 is 34.1 Å². The van der Waals surface area contributed by atoms with Crippen LogP contribution in [-0.2, 0) is 0 Å². The lowest BCUT2D eigenvalue weighted by Gasteiger charge is -2.30. The molecule has 6 aromatic rings. The molecule has 2 nitrogen and oxygen atoms in total. The Labute approximate surface area is 275 Å². The molecule has 0 aliphatic carbocycles. The van der Waals surface area contributed by atoms with Gasteiger partial charge in [-0.3, -0.25) is 0 Å². The van der Waals surface area contributed by atoms with E-state index in [1.54, 1.807) is 0 Å². The van der Waals surface area contributed by atoms with E-state index in [0.29, 0.717) is 11.8 Å². The maximum Gasteiger partial charge on any atom is 0.0488 e. The summed E-state index contributed by atoms with van der Waals surface area (Å²) in [5.41, 5.74) is 14.2. The Morgan fingerprint density at radius 2 is 0.696 bits per heavy atom. The molecule has 0 bridgehead atoms. The smallest absolute Gasteiger partial charge is 0.0488 e. The summed E-state index contributed by atoms with van der Waals surface area (Å²) in [7, 11) is 0. The van der Waals surface area contributed by atoms with Crippen molar-refractivity contribution in [1.29, 1.82) is 0 Å². The van der Waals surface area contributed by atoms with Crippen LogP contribution in [-0.4, -0.2) is 0 Å². The summed E-state index contributed by atoms with van der Waals surface area (Å²) < 4.78 is 0. The van der Waals surface area contributed by atoms with Crippen LogP contribution in [0.25, 0.3) is 11.1 Å².